The Morgan fingerprint density at radius 1 is 1.00 bits per heavy atom. The SMILES string of the molecule is Cc1cccc(CN2CCN(C(=O)Nc3cc4ccccc4nn3)CC2)c1. The summed E-state index contributed by atoms with van der Waals surface area (Å²) in [5.74, 6) is 0.487. The number of anilines is 1. The van der Waals surface area contributed by atoms with E-state index in [1.165, 1.54) is 11.1 Å². The van der Waals surface area contributed by atoms with Crippen molar-refractivity contribution in [2.24, 2.45) is 0 Å². The number of hydrogen-bond acceptors (Lipinski definition) is 4. The summed E-state index contributed by atoms with van der Waals surface area (Å²) in [5, 5.41) is 12.1. The number of carbonyl (C=O) groups is 1. The van der Waals surface area contributed by atoms with Gasteiger partial charge in [-0.1, -0.05) is 48.0 Å². The van der Waals surface area contributed by atoms with Crippen molar-refractivity contribution >= 4 is 22.8 Å². The smallest absolute Gasteiger partial charge is 0.322 e. The van der Waals surface area contributed by atoms with Crippen LogP contribution in [0.4, 0.5) is 10.6 Å². The van der Waals surface area contributed by atoms with Gasteiger partial charge in [0.15, 0.2) is 5.82 Å². The molecular formula is C21H23N5O. The van der Waals surface area contributed by atoms with Crippen LogP contribution in [0, 0.1) is 6.92 Å². The molecule has 0 saturated carbocycles. The molecule has 4 rings (SSSR count). The maximum atomic E-state index is 12.5. The Labute approximate surface area is 158 Å². The third-order valence-electron chi connectivity index (χ3n) is 4.88. The lowest BCUT2D eigenvalue weighted by Crippen LogP contribution is -2.49. The van der Waals surface area contributed by atoms with Gasteiger partial charge in [-0.25, -0.2) is 4.79 Å². The van der Waals surface area contributed by atoms with E-state index in [1.807, 2.05) is 35.2 Å². The van der Waals surface area contributed by atoms with Crippen molar-refractivity contribution in [2.75, 3.05) is 31.5 Å². The number of nitrogens with zero attached hydrogens (tertiary/aromatic N) is 4. The maximum Gasteiger partial charge on any atom is 0.323 e. The van der Waals surface area contributed by atoms with Crippen molar-refractivity contribution in [3.63, 3.8) is 0 Å². The molecule has 0 spiro atoms. The van der Waals surface area contributed by atoms with E-state index < -0.39 is 0 Å². The van der Waals surface area contributed by atoms with Crippen LogP contribution < -0.4 is 5.32 Å². The average molecular weight is 361 g/mol. The number of carbonyl (C=O) groups excluding carboxylic acids is 1. The first-order chi connectivity index (χ1) is 13.2. The Morgan fingerprint density at radius 2 is 1.81 bits per heavy atom. The molecule has 138 valence electrons. The molecule has 1 aliphatic heterocycles. The molecule has 1 fully saturated rings. The summed E-state index contributed by atoms with van der Waals surface area (Å²) in [4.78, 5) is 16.8. The lowest BCUT2D eigenvalue weighted by atomic mass is 10.1. The van der Waals surface area contributed by atoms with E-state index in [0.717, 1.165) is 30.5 Å². The van der Waals surface area contributed by atoms with Gasteiger partial charge in [-0.15, -0.1) is 10.2 Å². The van der Waals surface area contributed by atoms with Crippen LogP contribution in [0.3, 0.4) is 0 Å². The minimum Gasteiger partial charge on any atom is -0.322 e. The molecule has 0 radical (unpaired) electrons. The Hall–Kier alpha value is -2.99. The summed E-state index contributed by atoms with van der Waals surface area (Å²) in [6, 6.07) is 18.1. The molecule has 27 heavy (non-hydrogen) atoms. The highest BCUT2D eigenvalue weighted by atomic mass is 16.2. The molecule has 0 atom stereocenters. The van der Waals surface area contributed by atoms with Crippen molar-refractivity contribution in [1.29, 1.82) is 0 Å². The quantitative estimate of drug-likeness (QED) is 0.778. The number of nitrogens with one attached hydrogen (secondary N) is 1. The van der Waals surface area contributed by atoms with Gasteiger partial charge in [-0.05, 0) is 24.6 Å². The Morgan fingerprint density at radius 3 is 2.63 bits per heavy atom. The lowest BCUT2D eigenvalue weighted by molar-refractivity contribution is 0.143. The second kappa shape index (κ2) is 7.72. The average Bonchev–Trinajstić information content (AvgIpc) is 2.68. The molecule has 0 aliphatic carbocycles. The molecular weight excluding hydrogens is 338 g/mol. The summed E-state index contributed by atoms with van der Waals surface area (Å²) >= 11 is 0. The van der Waals surface area contributed by atoms with Crippen LogP contribution in [0.1, 0.15) is 11.1 Å². The molecule has 2 aromatic carbocycles. The zero-order chi connectivity index (χ0) is 18.6. The summed E-state index contributed by atoms with van der Waals surface area (Å²) in [7, 11) is 0. The van der Waals surface area contributed by atoms with Crippen LogP contribution >= 0.6 is 0 Å². The van der Waals surface area contributed by atoms with Gasteiger partial charge in [0.1, 0.15) is 0 Å². The molecule has 2 amide bonds. The Kier molecular flexibility index (Phi) is 4.98. The van der Waals surface area contributed by atoms with E-state index in [-0.39, 0.29) is 6.03 Å². The zero-order valence-corrected chi connectivity index (χ0v) is 15.4. The van der Waals surface area contributed by atoms with Crippen LogP contribution in [0.2, 0.25) is 0 Å². The van der Waals surface area contributed by atoms with E-state index in [4.69, 9.17) is 0 Å². The molecule has 1 saturated heterocycles. The van der Waals surface area contributed by atoms with Crippen molar-refractivity contribution in [3.8, 4) is 0 Å². The highest BCUT2D eigenvalue weighted by molar-refractivity contribution is 5.90. The molecule has 1 N–H and O–H groups in total. The van der Waals surface area contributed by atoms with Gasteiger partial charge in [-0.3, -0.25) is 10.2 Å². The van der Waals surface area contributed by atoms with E-state index >= 15 is 0 Å². The number of piperazine rings is 1. The number of aromatic nitrogens is 2. The fourth-order valence-corrected chi connectivity index (χ4v) is 3.41. The summed E-state index contributed by atoms with van der Waals surface area (Å²) in [6.45, 7) is 6.18. The number of amides is 2. The Balaban J connectivity index is 1.32. The lowest BCUT2D eigenvalue weighted by Gasteiger charge is -2.34. The largest absolute Gasteiger partial charge is 0.323 e. The normalized spacial score (nSPS) is 15.1. The summed E-state index contributed by atoms with van der Waals surface area (Å²) in [6.07, 6.45) is 0. The first kappa shape index (κ1) is 17.4. The predicted molar refractivity (Wildman–Crippen MR) is 107 cm³/mol. The fraction of sp³-hybridized carbons (Fsp3) is 0.286. The summed E-state index contributed by atoms with van der Waals surface area (Å²) in [5.41, 5.74) is 3.42. The number of benzene rings is 2. The zero-order valence-electron chi connectivity index (χ0n) is 15.4. The van der Waals surface area contributed by atoms with Gasteiger partial charge < -0.3 is 4.90 Å². The number of aryl methyl sites for hydroxylation is 1. The van der Waals surface area contributed by atoms with Crippen LogP contribution in [0.15, 0.2) is 54.6 Å². The van der Waals surface area contributed by atoms with Gasteiger partial charge in [0.2, 0.25) is 0 Å². The Bertz CT molecular complexity index is 950. The van der Waals surface area contributed by atoms with Gasteiger partial charge in [-0.2, -0.15) is 0 Å². The van der Waals surface area contributed by atoms with Gasteiger partial charge in [0.05, 0.1) is 5.52 Å². The molecule has 0 bridgehead atoms. The van der Waals surface area contributed by atoms with Gasteiger partial charge in [0.25, 0.3) is 0 Å². The van der Waals surface area contributed by atoms with Crippen LogP contribution in [0.25, 0.3) is 10.9 Å². The first-order valence-corrected chi connectivity index (χ1v) is 9.24. The molecule has 3 aromatic rings. The molecule has 1 aliphatic rings. The highest BCUT2D eigenvalue weighted by Crippen LogP contribution is 2.15. The van der Waals surface area contributed by atoms with Crippen LogP contribution in [0.5, 0.6) is 0 Å². The minimum absolute atomic E-state index is 0.116. The number of rotatable bonds is 3. The number of hydrogen-bond donors (Lipinski definition) is 1. The highest BCUT2D eigenvalue weighted by Gasteiger charge is 2.21. The second-order valence-corrected chi connectivity index (χ2v) is 6.97. The minimum atomic E-state index is -0.116. The third-order valence-corrected chi connectivity index (χ3v) is 4.88. The topological polar surface area (TPSA) is 61.4 Å². The predicted octanol–water partition coefficient (Wildman–Crippen LogP) is 3.29. The molecule has 0 unspecified atom stereocenters. The van der Waals surface area contributed by atoms with E-state index in [2.05, 4.69) is 51.6 Å². The van der Waals surface area contributed by atoms with Crippen molar-refractivity contribution in [1.82, 2.24) is 20.0 Å². The molecule has 1 aromatic heterocycles. The molecule has 2 heterocycles. The summed E-state index contributed by atoms with van der Waals surface area (Å²) < 4.78 is 0. The monoisotopic (exact) mass is 361 g/mol. The van der Waals surface area contributed by atoms with E-state index in [0.29, 0.717) is 18.9 Å². The fourth-order valence-electron chi connectivity index (χ4n) is 3.41. The van der Waals surface area contributed by atoms with Gasteiger partial charge in [0, 0.05) is 38.1 Å². The number of urea groups is 1. The van der Waals surface area contributed by atoms with Crippen LogP contribution in [-0.4, -0.2) is 52.2 Å². The third kappa shape index (κ3) is 4.23. The molecule has 6 heteroatoms. The van der Waals surface area contributed by atoms with Crippen molar-refractivity contribution < 1.29 is 4.79 Å². The molecule has 6 nitrogen and oxygen atoms in total. The maximum absolute atomic E-state index is 12.5. The van der Waals surface area contributed by atoms with E-state index in [1.54, 1.807) is 0 Å². The van der Waals surface area contributed by atoms with E-state index in [9.17, 15) is 4.79 Å². The second-order valence-electron chi connectivity index (χ2n) is 6.97. The van der Waals surface area contributed by atoms with Crippen LogP contribution in [-0.2, 0) is 6.54 Å². The number of fused-ring (bicyclic) bond motifs is 1. The van der Waals surface area contributed by atoms with Crippen molar-refractivity contribution in [2.45, 2.75) is 13.5 Å². The van der Waals surface area contributed by atoms with Crippen molar-refractivity contribution in [3.05, 3.63) is 65.7 Å². The standard InChI is InChI=1S/C21H23N5O/c1-16-5-4-6-17(13-16)15-25-9-11-26(12-10-25)21(27)22-20-14-18-7-2-3-8-19(18)23-24-20/h2-8,13-14H,9-12,15H2,1H3,(H,22,24,27). The first-order valence-electron chi connectivity index (χ1n) is 9.24. The van der Waals surface area contributed by atoms with Gasteiger partial charge >= 0.3 is 6.03 Å².